The molecule has 2 fully saturated rings. The molecule has 2 aliphatic heterocycles. The van der Waals surface area contributed by atoms with E-state index in [-0.39, 0.29) is 6.04 Å². The van der Waals surface area contributed by atoms with Gasteiger partial charge in [-0.3, -0.25) is 0 Å². The molecule has 7 nitrogen and oxygen atoms in total. The third-order valence-corrected chi connectivity index (χ3v) is 6.87. The normalized spacial score (nSPS) is 26.1. The molecule has 3 aliphatic rings. The van der Waals surface area contributed by atoms with E-state index in [4.69, 9.17) is 5.73 Å². The second-order valence-corrected chi connectivity index (χ2v) is 8.53. The number of benzene rings is 1. The Hall–Kier alpha value is -2.83. The quantitative estimate of drug-likeness (QED) is 0.815. The van der Waals surface area contributed by atoms with Gasteiger partial charge in [-0.1, -0.05) is 30.3 Å². The predicted octanol–water partition coefficient (Wildman–Crippen LogP) is 2.91. The van der Waals surface area contributed by atoms with Crippen molar-refractivity contribution in [2.45, 2.75) is 44.1 Å². The number of piperidine rings is 1. The first kappa shape index (κ1) is 18.2. The van der Waals surface area contributed by atoms with Crippen molar-refractivity contribution < 1.29 is 9.90 Å². The Bertz CT molecular complexity index is 919. The van der Waals surface area contributed by atoms with E-state index in [1.165, 1.54) is 11.1 Å². The van der Waals surface area contributed by atoms with E-state index in [2.05, 4.69) is 39.1 Å². The van der Waals surface area contributed by atoms with Crippen LogP contribution in [0.1, 0.15) is 42.0 Å². The summed E-state index contributed by atoms with van der Waals surface area (Å²) >= 11 is 0. The number of nitrogens with two attached hydrogens (primary N) is 1. The molecule has 5 rings (SSSR count). The Labute approximate surface area is 170 Å². The van der Waals surface area contributed by atoms with E-state index in [0.717, 1.165) is 50.2 Å². The van der Waals surface area contributed by atoms with E-state index >= 15 is 0 Å². The van der Waals surface area contributed by atoms with Crippen molar-refractivity contribution in [2.24, 2.45) is 5.92 Å². The van der Waals surface area contributed by atoms with Gasteiger partial charge in [0.2, 0.25) is 5.95 Å². The van der Waals surface area contributed by atoms with E-state index in [1.807, 2.05) is 6.07 Å². The van der Waals surface area contributed by atoms with Crippen LogP contribution in [0.3, 0.4) is 0 Å². The first-order valence-corrected chi connectivity index (χ1v) is 10.5. The number of nitrogens with zero attached hydrogens (tertiary/aromatic N) is 4. The highest BCUT2D eigenvalue weighted by molar-refractivity contribution is 5.66. The lowest BCUT2D eigenvalue weighted by Gasteiger charge is -2.34. The first-order chi connectivity index (χ1) is 14.1. The van der Waals surface area contributed by atoms with Gasteiger partial charge in [0.05, 0.1) is 11.7 Å². The fraction of sp³-hybridized carbons (Fsp3) is 0.500. The zero-order chi connectivity index (χ0) is 20.0. The van der Waals surface area contributed by atoms with Crippen LogP contribution >= 0.6 is 0 Å². The number of anilines is 2. The molecule has 0 saturated carbocycles. The summed E-state index contributed by atoms with van der Waals surface area (Å²) < 4.78 is 0. The molecule has 3 atom stereocenters. The van der Waals surface area contributed by atoms with Gasteiger partial charge >= 0.3 is 6.09 Å². The predicted molar refractivity (Wildman–Crippen MR) is 111 cm³/mol. The summed E-state index contributed by atoms with van der Waals surface area (Å²) in [6.45, 7) is 2.18. The van der Waals surface area contributed by atoms with Crippen LogP contribution in [-0.4, -0.2) is 51.7 Å². The number of fused-ring (bicyclic) bond motifs is 2. The average Bonchev–Trinajstić information content (AvgIpc) is 3.17. The topological polar surface area (TPSA) is 95.6 Å². The van der Waals surface area contributed by atoms with Gasteiger partial charge in [-0.2, -0.15) is 4.98 Å². The highest BCUT2D eigenvalue weighted by Crippen LogP contribution is 2.39. The van der Waals surface area contributed by atoms with Gasteiger partial charge in [0.15, 0.2) is 0 Å². The number of carbonyl (C=O) groups is 1. The number of hydrogen-bond acceptors (Lipinski definition) is 5. The van der Waals surface area contributed by atoms with Gasteiger partial charge in [0, 0.05) is 25.2 Å². The van der Waals surface area contributed by atoms with Crippen LogP contribution < -0.4 is 10.6 Å². The number of amides is 1. The Morgan fingerprint density at radius 3 is 2.76 bits per heavy atom. The summed E-state index contributed by atoms with van der Waals surface area (Å²) in [6, 6.07) is 10.6. The molecule has 29 heavy (non-hydrogen) atoms. The van der Waals surface area contributed by atoms with E-state index in [0.29, 0.717) is 30.9 Å². The van der Waals surface area contributed by atoms with Gasteiger partial charge in [-0.15, -0.1) is 0 Å². The molecule has 0 radical (unpaired) electrons. The van der Waals surface area contributed by atoms with Gasteiger partial charge < -0.3 is 20.6 Å². The second kappa shape index (κ2) is 7.21. The Kier molecular flexibility index (Phi) is 4.53. The van der Waals surface area contributed by atoms with Crippen molar-refractivity contribution in [2.75, 3.05) is 30.3 Å². The second-order valence-electron chi connectivity index (χ2n) is 8.53. The minimum atomic E-state index is -0.809. The van der Waals surface area contributed by atoms with E-state index < -0.39 is 6.09 Å². The summed E-state index contributed by atoms with van der Waals surface area (Å²) in [7, 11) is 0. The zero-order valence-corrected chi connectivity index (χ0v) is 16.5. The SMILES string of the molecule is Nc1nc2c(c(N3C[C@H]4CCCN(C(=O)O)[C@H]4C3)n1)CCC(c1ccccc1)C2. The van der Waals surface area contributed by atoms with Crippen LogP contribution in [0.4, 0.5) is 16.6 Å². The van der Waals surface area contributed by atoms with Crippen molar-refractivity contribution in [1.29, 1.82) is 0 Å². The number of likely N-dealkylation sites (tertiary alicyclic amines) is 1. The van der Waals surface area contributed by atoms with Crippen LogP contribution in [0.15, 0.2) is 30.3 Å². The molecule has 2 saturated heterocycles. The van der Waals surface area contributed by atoms with Crippen LogP contribution in [0, 0.1) is 5.92 Å². The van der Waals surface area contributed by atoms with Gasteiger partial charge in [-0.05, 0) is 49.5 Å². The Balaban J connectivity index is 1.43. The number of aromatic nitrogens is 2. The maximum absolute atomic E-state index is 11.7. The van der Waals surface area contributed by atoms with E-state index in [9.17, 15) is 9.90 Å². The fourth-order valence-corrected chi connectivity index (χ4v) is 5.48. The minimum Gasteiger partial charge on any atom is -0.465 e. The molecular weight excluding hydrogens is 366 g/mol. The van der Waals surface area contributed by atoms with Crippen LogP contribution in [-0.2, 0) is 12.8 Å². The van der Waals surface area contributed by atoms with Crippen molar-refractivity contribution in [3.8, 4) is 0 Å². The molecule has 152 valence electrons. The molecular formula is C22H27N5O2. The minimum absolute atomic E-state index is 0.0498. The molecule has 0 bridgehead atoms. The molecule has 0 spiro atoms. The molecule has 3 heterocycles. The van der Waals surface area contributed by atoms with Gasteiger partial charge in [-0.25, -0.2) is 9.78 Å². The van der Waals surface area contributed by atoms with Crippen LogP contribution in [0.2, 0.25) is 0 Å². The summed E-state index contributed by atoms with van der Waals surface area (Å²) in [5.74, 6) is 2.07. The smallest absolute Gasteiger partial charge is 0.407 e. The van der Waals surface area contributed by atoms with Crippen LogP contribution in [0.25, 0.3) is 0 Å². The lowest BCUT2D eigenvalue weighted by atomic mass is 9.82. The third-order valence-electron chi connectivity index (χ3n) is 6.87. The molecule has 7 heteroatoms. The van der Waals surface area contributed by atoms with Crippen LogP contribution in [0.5, 0.6) is 0 Å². The maximum Gasteiger partial charge on any atom is 0.407 e. The lowest BCUT2D eigenvalue weighted by Crippen LogP contribution is -2.47. The van der Waals surface area contributed by atoms with Crippen molar-refractivity contribution in [3.63, 3.8) is 0 Å². The highest BCUT2D eigenvalue weighted by Gasteiger charge is 2.42. The van der Waals surface area contributed by atoms with Gasteiger partial charge in [0.25, 0.3) is 0 Å². The number of rotatable bonds is 2. The molecule has 1 aromatic carbocycles. The molecule has 1 aromatic heterocycles. The van der Waals surface area contributed by atoms with Gasteiger partial charge in [0.1, 0.15) is 5.82 Å². The molecule has 3 N–H and O–H groups in total. The molecule has 2 aromatic rings. The molecule has 1 unspecified atom stereocenters. The number of nitrogen functional groups attached to an aromatic ring is 1. The fourth-order valence-electron chi connectivity index (χ4n) is 5.48. The maximum atomic E-state index is 11.7. The molecule has 1 aliphatic carbocycles. The third kappa shape index (κ3) is 3.28. The Morgan fingerprint density at radius 2 is 1.97 bits per heavy atom. The monoisotopic (exact) mass is 393 g/mol. The summed E-state index contributed by atoms with van der Waals surface area (Å²) in [6.07, 6.45) is 4.07. The largest absolute Gasteiger partial charge is 0.465 e. The molecule has 1 amide bonds. The Morgan fingerprint density at radius 1 is 1.14 bits per heavy atom. The lowest BCUT2D eigenvalue weighted by molar-refractivity contribution is 0.0965. The van der Waals surface area contributed by atoms with E-state index in [1.54, 1.807) is 4.90 Å². The number of carboxylic acid groups (broad SMARTS) is 1. The average molecular weight is 393 g/mol. The van der Waals surface area contributed by atoms with Crippen molar-refractivity contribution >= 4 is 17.9 Å². The summed E-state index contributed by atoms with van der Waals surface area (Å²) in [4.78, 5) is 24.8. The number of hydrogen-bond donors (Lipinski definition) is 2. The zero-order valence-electron chi connectivity index (χ0n) is 16.5. The highest BCUT2D eigenvalue weighted by atomic mass is 16.4. The standard InChI is InChI=1S/C22H27N5O2/c23-21-24-18-11-15(14-5-2-1-3-6-14)8-9-17(18)20(25-21)26-12-16-7-4-10-27(22(28)29)19(16)13-26/h1-3,5-6,15-16,19H,4,7-13H2,(H,28,29)(H2,23,24,25)/t15?,16-,19+/m1/s1. The van der Waals surface area contributed by atoms with Crippen molar-refractivity contribution in [1.82, 2.24) is 14.9 Å². The van der Waals surface area contributed by atoms with Crippen molar-refractivity contribution in [3.05, 3.63) is 47.2 Å². The summed E-state index contributed by atoms with van der Waals surface area (Å²) in [5.41, 5.74) is 9.71. The summed E-state index contributed by atoms with van der Waals surface area (Å²) in [5, 5.41) is 9.58. The first-order valence-electron chi connectivity index (χ1n) is 10.5.